The molecule has 4 heteroatoms. The summed E-state index contributed by atoms with van der Waals surface area (Å²) >= 11 is 0. The van der Waals surface area contributed by atoms with Gasteiger partial charge in [-0.25, -0.2) is 4.79 Å². The van der Waals surface area contributed by atoms with Crippen molar-refractivity contribution in [2.24, 2.45) is 5.92 Å². The molecule has 0 spiro atoms. The Kier molecular flexibility index (Phi) is 4.48. The Morgan fingerprint density at radius 2 is 2.20 bits per heavy atom. The smallest absolute Gasteiger partial charge is 0.330 e. The number of carbonyl (C=O) groups is 2. The highest BCUT2D eigenvalue weighted by Crippen LogP contribution is 2.30. The summed E-state index contributed by atoms with van der Waals surface area (Å²) in [7, 11) is 0. The molecule has 0 saturated heterocycles. The number of esters is 1. The molecule has 2 aliphatic carbocycles. The molecule has 0 heterocycles. The number of aliphatic hydroxyl groups excluding tert-OH is 1. The zero-order valence-corrected chi connectivity index (χ0v) is 11.0. The molecule has 0 saturated carbocycles. The van der Waals surface area contributed by atoms with Crippen LogP contribution >= 0.6 is 0 Å². The second-order valence-corrected chi connectivity index (χ2v) is 4.63. The monoisotopic (exact) mass is 272 g/mol. The van der Waals surface area contributed by atoms with Gasteiger partial charge in [-0.2, -0.15) is 0 Å². The number of aliphatic hydroxyl groups is 1. The standard InChI is InChI=1S/C16H16O4/c1-2-16(19)20-10-12(17)9-11-7-8-15(18)14-6-4-3-5-13(11)14/h2-8,12,14,17H,1,9-10H2. The molecule has 0 fully saturated rings. The molecule has 0 aromatic heterocycles. The molecule has 0 radical (unpaired) electrons. The first-order valence-corrected chi connectivity index (χ1v) is 6.39. The maximum absolute atomic E-state index is 11.8. The summed E-state index contributed by atoms with van der Waals surface area (Å²) in [6.07, 6.45) is 11.2. The van der Waals surface area contributed by atoms with Crippen molar-refractivity contribution >= 4 is 11.8 Å². The zero-order chi connectivity index (χ0) is 14.5. The Balaban J connectivity index is 2.04. The number of rotatable bonds is 5. The van der Waals surface area contributed by atoms with Crippen LogP contribution in [-0.2, 0) is 14.3 Å². The van der Waals surface area contributed by atoms with Crippen LogP contribution in [0.25, 0.3) is 0 Å². The summed E-state index contributed by atoms with van der Waals surface area (Å²) in [4.78, 5) is 22.7. The summed E-state index contributed by atoms with van der Waals surface area (Å²) in [6.45, 7) is 3.20. The van der Waals surface area contributed by atoms with Crippen molar-refractivity contribution in [3.8, 4) is 0 Å². The van der Waals surface area contributed by atoms with E-state index in [0.717, 1.165) is 17.2 Å². The van der Waals surface area contributed by atoms with E-state index in [0.29, 0.717) is 6.42 Å². The van der Waals surface area contributed by atoms with E-state index in [4.69, 9.17) is 4.74 Å². The molecular formula is C16H16O4. The normalized spacial score (nSPS) is 21.6. The van der Waals surface area contributed by atoms with Gasteiger partial charge in [0.05, 0.1) is 12.0 Å². The van der Waals surface area contributed by atoms with Crippen LogP contribution in [0.5, 0.6) is 0 Å². The number of ether oxygens (including phenoxy) is 1. The minimum atomic E-state index is -0.806. The lowest BCUT2D eigenvalue weighted by Gasteiger charge is -2.23. The van der Waals surface area contributed by atoms with Gasteiger partial charge in [0.1, 0.15) is 6.61 Å². The Morgan fingerprint density at radius 3 is 2.95 bits per heavy atom. The second kappa shape index (κ2) is 6.30. The van der Waals surface area contributed by atoms with Gasteiger partial charge in [-0.15, -0.1) is 0 Å². The van der Waals surface area contributed by atoms with Gasteiger partial charge in [-0.05, 0) is 17.2 Å². The van der Waals surface area contributed by atoms with Gasteiger partial charge < -0.3 is 9.84 Å². The highest BCUT2D eigenvalue weighted by Gasteiger charge is 2.25. The molecule has 0 aliphatic heterocycles. The fourth-order valence-corrected chi connectivity index (χ4v) is 2.22. The first-order valence-electron chi connectivity index (χ1n) is 6.39. The molecule has 2 aliphatic rings. The highest BCUT2D eigenvalue weighted by molar-refractivity contribution is 5.98. The summed E-state index contributed by atoms with van der Waals surface area (Å²) in [5, 5.41) is 9.90. The zero-order valence-electron chi connectivity index (χ0n) is 11.0. The lowest BCUT2D eigenvalue weighted by Crippen LogP contribution is -2.22. The molecule has 104 valence electrons. The molecular weight excluding hydrogens is 256 g/mol. The Hall–Kier alpha value is -2.20. The molecule has 1 N–H and O–H groups in total. The quantitative estimate of drug-likeness (QED) is 0.610. The average Bonchev–Trinajstić information content (AvgIpc) is 2.48. The third kappa shape index (κ3) is 3.22. The van der Waals surface area contributed by atoms with Crippen molar-refractivity contribution in [1.82, 2.24) is 0 Å². The van der Waals surface area contributed by atoms with Gasteiger partial charge in [-0.3, -0.25) is 4.79 Å². The molecule has 2 unspecified atom stereocenters. The van der Waals surface area contributed by atoms with Gasteiger partial charge in [0.25, 0.3) is 0 Å². The third-order valence-corrected chi connectivity index (χ3v) is 3.19. The van der Waals surface area contributed by atoms with Crippen LogP contribution in [0.1, 0.15) is 6.42 Å². The summed E-state index contributed by atoms with van der Waals surface area (Å²) < 4.78 is 4.80. The fraction of sp³-hybridized carbons (Fsp3) is 0.250. The van der Waals surface area contributed by atoms with E-state index >= 15 is 0 Å². The number of carbonyl (C=O) groups excluding carboxylic acids is 2. The van der Waals surface area contributed by atoms with Gasteiger partial charge >= 0.3 is 5.97 Å². The molecule has 20 heavy (non-hydrogen) atoms. The van der Waals surface area contributed by atoms with Crippen molar-refractivity contribution in [2.45, 2.75) is 12.5 Å². The predicted octanol–water partition coefficient (Wildman–Crippen LogP) is 1.64. The van der Waals surface area contributed by atoms with Crippen LogP contribution in [0, 0.1) is 5.92 Å². The fourth-order valence-electron chi connectivity index (χ4n) is 2.22. The number of hydrogen-bond acceptors (Lipinski definition) is 4. The minimum Gasteiger partial charge on any atom is -0.460 e. The first kappa shape index (κ1) is 14.2. The van der Waals surface area contributed by atoms with Crippen molar-refractivity contribution < 1.29 is 19.4 Å². The van der Waals surface area contributed by atoms with Gasteiger partial charge in [0.2, 0.25) is 0 Å². The number of fused-ring (bicyclic) bond motifs is 1. The van der Waals surface area contributed by atoms with E-state index in [2.05, 4.69) is 6.58 Å². The number of hydrogen-bond donors (Lipinski definition) is 1. The van der Waals surface area contributed by atoms with E-state index in [1.54, 1.807) is 6.08 Å². The SMILES string of the molecule is C=CC(=O)OCC(O)CC1=C2C=CC=CC2C(=O)C=C1. The van der Waals surface area contributed by atoms with Gasteiger partial charge in [0, 0.05) is 12.5 Å². The number of allylic oxidation sites excluding steroid dienone is 7. The maximum atomic E-state index is 11.8. The van der Waals surface area contributed by atoms with Crippen LogP contribution in [0.3, 0.4) is 0 Å². The van der Waals surface area contributed by atoms with Crippen molar-refractivity contribution in [3.63, 3.8) is 0 Å². The van der Waals surface area contributed by atoms with E-state index in [9.17, 15) is 14.7 Å². The van der Waals surface area contributed by atoms with Crippen LogP contribution in [0.15, 0.2) is 60.3 Å². The summed E-state index contributed by atoms with van der Waals surface area (Å²) in [5.74, 6) is -0.783. The molecule has 4 nitrogen and oxygen atoms in total. The molecule has 2 atom stereocenters. The van der Waals surface area contributed by atoms with E-state index < -0.39 is 12.1 Å². The first-order chi connectivity index (χ1) is 9.61. The predicted molar refractivity (Wildman–Crippen MR) is 74.7 cm³/mol. The molecule has 0 amide bonds. The van der Waals surface area contributed by atoms with Crippen LogP contribution in [0.4, 0.5) is 0 Å². The largest absolute Gasteiger partial charge is 0.460 e. The van der Waals surface area contributed by atoms with Crippen molar-refractivity contribution in [2.75, 3.05) is 6.61 Å². The van der Waals surface area contributed by atoms with Crippen molar-refractivity contribution in [1.29, 1.82) is 0 Å². The molecule has 0 aromatic rings. The summed E-state index contributed by atoms with van der Waals surface area (Å²) in [6, 6.07) is 0. The molecule has 2 rings (SSSR count). The lowest BCUT2D eigenvalue weighted by molar-refractivity contribution is -0.140. The second-order valence-electron chi connectivity index (χ2n) is 4.63. The van der Waals surface area contributed by atoms with Crippen LogP contribution < -0.4 is 0 Å². The van der Waals surface area contributed by atoms with Crippen LogP contribution in [-0.4, -0.2) is 29.6 Å². The van der Waals surface area contributed by atoms with E-state index in [1.165, 1.54) is 6.08 Å². The minimum absolute atomic E-state index is 0.0388. The molecule has 0 aromatic carbocycles. The Morgan fingerprint density at radius 1 is 1.40 bits per heavy atom. The lowest BCUT2D eigenvalue weighted by atomic mass is 9.82. The van der Waals surface area contributed by atoms with Gasteiger partial charge in [0.15, 0.2) is 5.78 Å². The van der Waals surface area contributed by atoms with E-state index in [-0.39, 0.29) is 18.3 Å². The Labute approximate surface area is 117 Å². The van der Waals surface area contributed by atoms with Crippen molar-refractivity contribution in [3.05, 3.63) is 60.3 Å². The number of ketones is 1. The average molecular weight is 272 g/mol. The summed E-state index contributed by atoms with van der Waals surface area (Å²) in [5.41, 5.74) is 1.78. The molecule has 0 bridgehead atoms. The highest BCUT2D eigenvalue weighted by atomic mass is 16.5. The van der Waals surface area contributed by atoms with E-state index in [1.807, 2.05) is 24.3 Å². The topological polar surface area (TPSA) is 63.6 Å². The maximum Gasteiger partial charge on any atom is 0.330 e. The van der Waals surface area contributed by atoms with Gasteiger partial charge in [-0.1, -0.05) is 37.0 Å². The Bertz CT molecular complexity index is 549. The third-order valence-electron chi connectivity index (χ3n) is 3.19. The van der Waals surface area contributed by atoms with Crippen LogP contribution in [0.2, 0.25) is 0 Å².